The van der Waals surface area contributed by atoms with Gasteiger partial charge in [0.2, 0.25) is 0 Å². The van der Waals surface area contributed by atoms with E-state index < -0.39 is 0 Å². The summed E-state index contributed by atoms with van der Waals surface area (Å²) in [5, 5.41) is 3.29. The van der Waals surface area contributed by atoms with Gasteiger partial charge >= 0.3 is 0 Å². The molecule has 5 heteroatoms. The number of nitrogens with one attached hydrogen (secondary N) is 1. The van der Waals surface area contributed by atoms with Gasteiger partial charge in [0.1, 0.15) is 17.5 Å². The molecule has 1 fully saturated rings. The lowest BCUT2D eigenvalue weighted by molar-refractivity contribution is 0.548. The average molecular weight is 249 g/mol. The minimum Gasteiger partial charge on any atom is -0.368 e. The van der Waals surface area contributed by atoms with Crippen LogP contribution in [0.25, 0.3) is 0 Å². The Kier molecular flexibility index (Phi) is 3.71. The van der Waals surface area contributed by atoms with Crippen LogP contribution in [0.3, 0.4) is 0 Å². The minimum atomic E-state index is -0.243. The standard InChI is InChI=1S/C13H23N5/c1-10-16-11(15-9-13(2,3)14)8-12(17-10)18-6-4-5-7-18/h8H,4-7,9,14H2,1-3H3,(H,15,16,17). The molecule has 3 N–H and O–H groups in total. The number of hydrogen-bond donors (Lipinski definition) is 2. The van der Waals surface area contributed by atoms with Crippen LogP contribution in [0.2, 0.25) is 0 Å². The molecule has 100 valence electrons. The van der Waals surface area contributed by atoms with E-state index in [1.807, 2.05) is 26.8 Å². The van der Waals surface area contributed by atoms with Gasteiger partial charge in [0.25, 0.3) is 0 Å². The van der Waals surface area contributed by atoms with E-state index >= 15 is 0 Å². The van der Waals surface area contributed by atoms with Crippen molar-refractivity contribution in [3.8, 4) is 0 Å². The molecule has 2 heterocycles. The lowest BCUT2D eigenvalue weighted by Gasteiger charge is -2.21. The van der Waals surface area contributed by atoms with Gasteiger partial charge in [-0.2, -0.15) is 0 Å². The molecule has 0 atom stereocenters. The quantitative estimate of drug-likeness (QED) is 0.847. The molecule has 2 rings (SSSR count). The topological polar surface area (TPSA) is 67.1 Å². The van der Waals surface area contributed by atoms with Crippen molar-refractivity contribution in [3.63, 3.8) is 0 Å². The first-order valence-corrected chi connectivity index (χ1v) is 6.57. The van der Waals surface area contributed by atoms with Crippen LogP contribution in [0.1, 0.15) is 32.5 Å². The maximum atomic E-state index is 5.97. The maximum absolute atomic E-state index is 5.97. The first-order chi connectivity index (χ1) is 8.44. The second kappa shape index (κ2) is 5.10. The van der Waals surface area contributed by atoms with E-state index in [1.54, 1.807) is 0 Å². The van der Waals surface area contributed by atoms with Crippen molar-refractivity contribution in [1.29, 1.82) is 0 Å². The van der Waals surface area contributed by atoms with E-state index in [9.17, 15) is 0 Å². The van der Waals surface area contributed by atoms with Crippen LogP contribution in [-0.4, -0.2) is 35.1 Å². The average Bonchev–Trinajstić information content (AvgIpc) is 2.78. The van der Waals surface area contributed by atoms with Crippen LogP contribution in [0.4, 0.5) is 11.6 Å². The van der Waals surface area contributed by atoms with Gasteiger partial charge < -0.3 is 16.0 Å². The predicted octanol–water partition coefficient (Wildman–Crippen LogP) is 1.53. The molecule has 0 radical (unpaired) electrons. The molecule has 1 aromatic rings. The summed E-state index contributed by atoms with van der Waals surface area (Å²) < 4.78 is 0. The Labute approximate surface area is 109 Å². The van der Waals surface area contributed by atoms with Gasteiger partial charge in [0.15, 0.2) is 0 Å². The summed E-state index contributed by atoms with van der Waals surface area (Å²) in [5.41, 5.74) is 5.72. The highest BCUT2D eigenvalue weighted by Gasteiger charge is 2.16. The summed E-state index contributed by atoms with van der Waals surface area (Å²) in [6, 6.07) is 2.02. The fraction of sp³-hybridized carbons (Fsp3) is 0.692. The third-order valence-electron chi connectivity index (χ3n) is 2.98. The first-order valence-electron chi connectivity index (χ1n) is 6.57. The van der Waals surface area contributed by atoms with E-state index in [0.717, 1.165) is 30.5 Å². The summed E-state index contributed by atoms with van der Waals surface area (Å²) >= 11 is 0. The smallest absolute Gasteiger partial charge is 0.134 e. The van der Waals surface area contributed by atoms with Gasteiger partial charge in [0.05, 0.1) is 0 Å². The third kappa shape index (κ3) is 3.57. The second-order valence-electron chi connectivity index (χ2n) is 5.69. The highest BCUT2D eigenvalue weighted by atomic mass is 15.2. The molecule has 1 aliphatic rings. The fourth-order valence-electron chi connectivity index (χ4n) is 2.07. The lowest BCUT2D eigenvalue weighted by atomic mass is 10.1. The van der Waals surface area contributed by atoms with Crippen LogP contribution in [0.5, 0.6) is 0 Å². The molecule has 0 unspecified atom stereocenters. The molecule has 0 aromatic carbocycles. The van der Waals surface area contributed by atoms with E-state index in [1.165, 1.54) is 12.8 Å². The van der Waals surface area contributed by atoms with Crippen LogP contribution in [0.15, 0.2) is 6.07 Å². The van der Waals surface area contributed by atoms with Gasteiger partial charge in [-0.15, -0.1) is 0 Å². The summed E-state index contributed by atoms with van der Waals surface area (Å²) in [4.78, 5) is 11.2. The molecule has 0 spiro atoms. The number of hydrogen-bond acceptors (Lipinski definition) is 5. The highest BCUT2D eigenvalue weighted by Crippen LogP contribution is 2.20. The first kappa shape index (κ1) is 13.1. The molecule has 0 aliphatic carbocycles. The Morgan fingerprint density at radius 3 is 2.61 bits per heavy atom. The second-order valence-corrected chi connectivity index (χ2v) is 5.69. The number of aryl methyl sites for hydroxylation is 1. The van der Waals surface area contributed by atoms with Crippen LogP contribution in [-0.2, 0) is 0 Å². The predicted molar refractivity (Wildman–Crippen MR) is 75.0 cm³/mol. The Morgan fingerprint density at radius 2 is 2.00 bits per heavy atom. The fourth-order valence-corrected chi connectivity index (χ4v) is 2.07. The minimum absolute atomic E-state index is 0.243. The monoisotopic (exact) mass is 249 g/mol. The molecular weight excluding hydrogens is 226 g/mol. The Balaban J connectivity index is 2.10. The summed E-state index contributed by atoms with van der Waals surface area (Å²) in [5.74, 6) is 2.69. The van der Waals surface area contributed by atoms with Crippen LogP contribution < -0.4 is 16.0 Å². The van der Waals surface area contributed by atoms with Gasteiger partial charge in [0, 0.05) is 31.2 Å². The summed E-state index contributed by atoms with van der Waals surface area (Å²) in [7, 11) is 0. The van der Waals surface area contributed by atoms with Crippen molar-refractivity contribution >= 4 is 11.6 Å². The van der Waals surface area contributed by atoms with Crippen molar-refractivity contribution in [3.05, 3.63) is 11.9 Å². The van der Waals surface area contributed by atoms with Gasteiger partial charge in [-0.1, -0.05) is 0 Å². The molecule has 0 bridgehead atoms. The van der Waals surface area contributed by atoms with Gasteiger partial charge in [-0.3, -0.25) is 0 Å². The van der Waals surface area contributed by atoms with Crippen molar-refractivity contribution < 1.29 is 0 Å². The summed E-state index contributed by atoms with van der Waals surface area (Å²) in [6.45, 7) is 8.81. The normalized spacial score (nSPS) is 16.1. The molecule has 1 saturated heterocycles. The van der Waals surface area contributed by atoms with Crippen molar-refractivity contribution in [2.45, 2.75) is 39.2 Å². The SMILES string of the molecule is Cc1nc(NCC(C)(C)N)cc(N2CCCC2)n1. The van der Waals surface area contributed by atoms with E-state index in [-0.39, 0.29) is 5.54 Å². The zero-order valence-corrected chi connectivity index (χ0v) is 11.5. The van der Waals surface area contributed by atoms with Gasteiger partial charge in [-0.25, -0.2) is 9.97 Å². The highest BCUT2D eigenvalue weighted by molar-refractivity contribution is 5.50. The molecule has 0 amide bonds. The van der Waals surface area contributed by atoms with Crippen LogP contribution >= 0.6 is 0 Å². The number of aromatic nitrogens is 2. The van der Waals surface area contributed by atoms with Crippen LogP contribution in [0, 0.1) is 6.92 Å². The molecule has 0 saturated carbocycles. The summed E-state index contributed by atoms with van der Waals surface area (Å²) in [6.07, 6.45) is 2.50. The number of nitrogens with zero attached hydrogens (tertiary/aromatic N) is 3. The molecule has 5 nitrogen and oxygen atoms in total. The van der Waals surface area contributed by atoms with E-state index in [2.05, 4.69) is 20.2 Å². The zero-order chi connectivity index (χ0) is 13.2. The Morgan fingerprint density at radius 1 is 1.33 bits per heavy atom. The van der Waals surface area contributed by atoms with Crippen molar-refractivity contribution in [2.75, 3.05) is 29.9 Å². The lowest BCUT2D eigenvalue weighted by Crippen LogP contribution is -2.39. The number of nitrogens with two attached hydrogens (primary N) is 1. The third-order valence-corrected chi connectivity index (χ3v) is 2.98. The van der Waals surface area contributed by atoms with Crippen molar-refractivity contribution in [1.82, 2.24) is 9.97 Å². The van der Waals surface area contributed by atoms with E-state index in [0.29, 0.717) is 6.54 Å². The Hall–Kier alpha value is -1.36. The number of anilines is 2. The molecule has 1 aliphatic heterocycles. The number of rotatable bonds is 4. The maximum Gasteiger partial charge on any atom is 0.134 e. The zero-order valence-electron chi connectivity index (χ0n) is 11.5. The van der Waals surface area contributed by atoms with Crippen molar-refractivity contribution in [2.24, 2.45) is 5.73 Å². The molecule has 1 aromatic heterocycles. The largest absolute Gasteiger partial charge is 0.368 e. The van der Waals surface area contributed by atoms with Gasteiger partial charge in [-0.05, 0) is 33.6 Å². The van der Waals surface area contributed by atoms with E-state index in [4.69, 9.17) is 5.73 Å². The Bertz CT molecular complexity index is 404. The molecule has 18 heavy (non-hydrogen) atoms. The molecular formula is C13H23N5.